The smallest absolute Gasteiger partial charge is 0.276 e. The van der Waals surface area contributed by atoms with Crippen LogP contribution in [0.1, 0.15) is 48.5 Å². The maximum Gasteiger partial charge on any atom is 0.276 e. The number of rotatable bonds is 4. The second kappa shape index (κ2) is 7.43. The molecule has 0 aromatic carbocycles. The summed E-state index contributed by atoms with van der Waals surface area (Å²) in [5.41, 5.74) is 0.435. The number of hydrogen-bond donors (Lipinski definition) is 0. The van der Waals surface area contributed by atoms with E-state index in [4.69, 9.17) is 13.9 Å². The van der Waals surface area contributed by atoms with Crippen molar-refractivity contribution >= 4 is 5.91 Å². The lowest BCUT2D eigenvalue weighted by Gasteiger charge is -2.34. The van der Waals surface area contributed by atoms with Gasteiger partial charge in [0, 0.05) is 38.8 Å². The first-order valence-electron chi connectivity index (χ1n) is 9.44. The second-order valence-electron chi connectivity index (χ2n) is 7.16. The Hall–Kier alpha value is -1.44. The van der Waals surface area contributed by atoms with Gasteiger partial charge in [-0.2, -0.15) is 0 Å². The third-order valence-electron chi connectivity index (χ3n) is 5.75. The molecule has 3 aliphatic heterocycles. The highest BCUT2D eigenvalue weighted by Crippen LogP contribution is 2.32. The van der Waals surface area contributed by atoms with Gasteiger partial charge in [-0.15, -0.1) is 0 Å². The monoisotopic (exact) mass is 349 g/mol. The molecule has 1 aromatic heterocycles. The highest BCUT2D eigenvalue weighted by Gasteiger charge is 2.40. The molecule has 1 amide bonds. The van der Waals surface area contributed by atoms with Crippen molar-refractivity contribution in [3.63, 3.8) is 0 Å². The van der Waals surface area contributed by atoms with Gasteiger partial charge in [0.25, 0.3) is 5.91 Å². The highest BCUT2D eigenvalue weighted by molar-refractivity contribution is 5.93. The van der Waals surface area contributed by atoms with Gasteiger partial charge in [-0.3, -0.25) is 9.69 Å². The van der Waals surface area contributed by atoms with Crippen molar-refractivity contribution in [2.45, 2.75) is 38.3 Å². The van der Waals surface area contributed by atoms with E-state index in [2.05, 4.69) is 16.8 Å². The van der Waals surface area contributed by atoms with Gasteiger partial charge in [0.1, 0.15) is 6.10 Å². The van der Waals surface area contributed by atoms with E-state index in [1.165, 1.54) is 6.39 Å². The van der Waals surface area contributed by atoms with E-state index in [-0.39, 0.29) is 12.0 Å². The molecule has 7 nitrogen and oxygen atoms in total. The van der Waals surface area contributed by atoms with Crippen LogP contribution in [0.3, 0.4) is 0 Å². The quantitative estimate of drug-likeness (QED) is 0.824. The van der Waals surface area contributed by atoms with Crippen molar-refractivity contribution in [3.8, 4) is 0 Å². The number of carbonyl (C=O) groups excluding carboxylic acids is 1. The number of aromatic nitrogens is 1. The summed E-state index contributed by atoms with van der Waals surface area (Å²) < 4.78 is 16.7. The Morgan fingerprint density at radius 1 is 1.28 bits per heavy atom. The summed E-state index contributed by atoms with van der Waals surface area (Å²) in [6.07, 6.45) is 4.21. The van der Waals surface area contributed by atoms with Gasteiger partial charge >= 0.3 is 0 Å². The molecule has 3 saturated heterocycles. The highest BCUT2D eigenvalue weighted by atomic mass is 16.5. The van der Waals surface area contributed by atoms with E-state index in [0.717, 1.165) is 65.3 Å². The van der Waals surface area contributed by atoms with E-state index < -0.39 is 0 Å². The number of morpholine rings is 1. The van der Waals surface area contributed by atoms with Gasteiger partial charge < -0.3 is 18.8 Å². The first kappa shape index (κ1) is 17.0. The van der Waals surface area contributed by atoms with Gasteiger partial charge in [-0.05, 0) is 18.8 Å². The number of nitrogens with zero attached hydrogens (tertiary/aromatic N) is 3. The Labute approximate surface area is 148 Å². The zero-order valence-electron chi connectivity index (χ0n) is 14.9. The predicted molar refractivity (Wildman–Crippen MR) is 90.3 cm³/mol. The summed E-state index contributed by atoms with van der Waals surface area (Å²) in [5, 5.41) is 0. The van der Waals surface area contributed by atoms with Crippen LogP contribution in [-0.2, 0) is 9.47 Å². The third kappa shape index (κ3) is 3.32. The van der Waals surface area contributed by atoms with E-state index >= 15 is 0 Å². The lowest BCUT2D eigenvalue weighted by atomic mass is 9.99. The lowest BCUT2D eigenvalue weighted by molar-refractivity contribution is 0.0102. The Morgan fingerprint density at radius 3 is 2.84 bits per heavy atom. The minimum atomic E-state index is -0.124. The molecule has 7 heteroatoms. The molecule has 4 rings (SSSR count). The molecule has 0 N–H and O–H groups in total. The molecule has 138 valence electrons. The average Bonchev–Trinajstić information content (AvgIpc) is 3.41. The fourth-order valence-electron chi connectivity index (χ4n) is 4.32. The van der Waals surface area contributed by atoms with E-state index in [1.54, 1.807) is 0 Å². The summed E-state index contributed by atoms with van der Waals surface area (Å²) in [4.78, 5) is 21.7. The second-order valence-corrected chi connectivity index (χ2v) is 7.16. The molecule has 0 saturated carbocycles. The molecular weight excluding hydrogens is 322 g/mol. The van der Waals surface area contributed by atoms with Crippen molar-refractivity contribution < 1.29 is 18.7 Å². The molecule has 3 unspecified atom stereocenters. The molecule has 0 bridgehead atoms. The first-order valence-corrected chi connectivity index (χ1v) is 9.44. The Bertz CT molecular complexity index is 593. The largest absolute Gasteiger partial charge is 0.445 e. The summed E-state index contributed by atoms with van der Waals surface area (Å²) in [6.45, 7) is 7.95. The molecule has 3 atom stereocenters. The van der Waals surface area contributed by atoms with Crippen LogP contribution in [0.15, 0.2) is 10.8 Å². The van der Waals surface area contributed by atoms with Crippen LogP contribution in [0.25, 0.3) is 0 Å². The van der Waals surface area contributed by atoms with Gasteiger partial charge in [0.2, 0.25) is 0 Å². The summed E-state index contributed by atoms with van der Waals surface area (Å²) in [5.74, 6) is 1.08. The normalized spacial score (nSPS) is 30.9. The van der Waals surface area contributed by atoms with Crippen LogP contribution in [-0.4, -0.2) is 72.7 Å². The van der Waals surface area contributed by atoms with Crippen LogP contribution < -0.4 is 0 Å². The predicted octanol–water partition coefficient (Wildman–Crippen LogP) is 1.71. The van der Waals surface area contributed by atoms with Gasteiger partial charge in [-0.25, -0.2) is 4.98 Å². The number of amides is 1. The first-order chi connectivity index (χ1) is 12.3. The van der Waals surface area contributed by atoms with Crippen LogP contribution in [0, 0.1) is 5.92 Å². The van der Waals surface area contributed by atoms with Gasteiger partial charge in [0.15, 0.2) is 17.8 Å². The Kier molecular flexibility index (Phi) is 5.05. The number of hydrogen-bond acceptors (Lipinski definition) is 6. The summed E-state index contributed by atoms with van der Waals surface area (Å²) in [7, 11) is 0. The Morgan fingerprint density at radius 2 is 2.12 bits per heavy atom. The third-order valence-corrected chi connectivity index (χ3v) is 5.75. The van der Waals surface area contributed by atoms with Crippen LogP contribution in [0.4, 0.5) is 0 Å². The molecule has 0 radical (unpaired) electrons. The number of carbonyl (C=O) groups is 1. The molecule has 1 aromatic rings. The zero-order valence-corrected chi connectivity index (χ0v) is 14.9. The average molecular weight is 349 g/mol. The van der Waals surface area contributed by atoms with Crippen molar-refractivity contribution in [1.29, 1.82) is 0 Å². The molecule has 4 heterocycles. The summed E-state index contributed by atoms with van der Waals surface area (Å²) >= 11 is 0. The molecule has 25 heavy (non-hydrogen) atoms. The number of oxazole rings is 1. The van der Waals surface area contributed by atoms with Gasteiger partial charge in [0.05, 0.1) is 13.2 Å². The number of likely N-dealkylation sites (tertiary alicyclic amines) is 1. The minimum absolute atomic E-state index is 0.0199. The molecule has 3 aliphatic rings. The van der Waals surface area contributed by atoms with Crippen molar-refractivity contribution in [3.05, 3.63) is 17.8 Å². The SMILES string of the molecule is CCC1CN(C(=O)c2ncoc2C2CCCO2)CC1N1CCOCC1. The van der Waals surface area contributed by atoms with Gasteiger partial charge in [-0.1, -0.05) is 13.3 Å². The van der Waals surface area contributed by atoms with Crippen LogP contribution in [0.5, 0.6) is 0 Å². The van der Waals surface area contributed by atoms with Crippen LogP contribution >= 0.6 is 0 Å². The van der Waals surface area contributed by atoms with Crippen molar-refractivity contribution in [2.75, 3.05) is 46.0 Å². The van der Waals surface area contributed by atoms with Crippen LogP contribution in [0.2, 0.25) is 0 Å². The molecule has 3 fully saturated rings. The number of ether oxygens (including phenoxy) is 2. The molecule has 0 aliphatic carbocycles. The molecule has 0 spiro atoms. The fraction of sp³-hybridized carbons (Fsp3) is 0.778. The van der Waals surface area contributed by atoms with E-state index in [9.17, 15) is 4.79 Å². The maximum absolute atomic E-state index is 13.1. The maximum atomic E-state index is 13.1. The summed E-state index contributed by atoms with van der Waals surface area (Å²) in [6, 6.07) is 0.413. The topological polar surface area (TPSA) is 68.0 Å². The van der Waals surface area contributed by atoms with Crippen molar-refractivity contribution in [2.24, 2.45) is 5.92 Å². The Balaban J connectivity index is 1.48. The fourth-order valence-corrected chi connectivity index (χ4v) is 4.32. The molecular formula is C18H27N3O4. The zero-order chi connectivity index (χ0) is 17.2. The lowest BCUT2D eigenvalue weighted by Crippen LogP contribution is -2.47. The van der Waals surface area contributed by atoms with E-state index in [1.807, 2.05) is 4.90 Å². The van der Waals surface area contributed by atoms with E-state index in [0.29, 0.717) is 23.4 Å². The standard InChI is InChI=1S/C18H27N3O4/c1-2-13-10-21(11-14(13)20-5-8-23-9-6-20)18(22)16-17(25-12-19-16)15-4-3-7-24-15/h12-15H,2-11H2,1H3. The van der Waals surface area contributed by atoms with Crippen molar-refractivity contribution in [1.82, 2.24) is 14.8 Å². The minimum Gasteiger partial charge on any atom is -0.445 e.